The number of methoxy groups -OCH3 is 1. The van der Waals surface area contributed by atoms with Crippen LogP contribution in [-0.2, 0) is 24.7 Å². The monoisotopic (exact) mass is 402 g/mol. The molecule has 3 aliphatic rings. The summed E-state index contributed by atoms with van der Waals surface area (Å²) in [6.07, 6.45) is -0.315. The Hall–Kier alpha value is -2.29. The van der Waals surface area contributed by atoms with Crippen LogP contribution in [0.4, 0.5) is 5.69 Å². The van der Waals surface area contributed by atoms with Crippen molar-refractivity contribution in [3.05, 3.63) is 28.8 Å². The van der Waals surface area contributed by atoms with Gasteiger partial charge < -0.3 is 20.5 Å². The number of nitrogens with one attached hydrogen (secondary N) is 1. The zero-order chi connectivity index (χ0) is 21.1. The van der Waals surface area contributed by atoms with Gasteiger partial charge in [0.1, 0.15) is 24.0 Å². The molecular formula is C21H28N3O5+. The SMILES string of the molecule is COCCCN1C(=O)[C@@H]2[C@@H]([C@@H](C)O)[NH2+][C@]3(C(=O)Nc4c(C)cc(C)cc43)[C@@H]2C1=O. The molecule has 1 spiro atoms. The van der Waals surface area contributed by atoms with Gasteiger partial charge in [-0.25, -0.2) is 0 Å². The van der Waals surface area contributed by atoms with E-state index in [-0.39, 0.29) is 24.3 Å². The summed E-state index contributed by atoms with van der Waals surface area (Å²) >= 11 is 0. The first-order chi connectivity index (χ1) is 13.7. The Bertz CT molecular complexity index is 899. The van der Waals surface area contributed by atoms with E-state index in [1.165, 1.54) is 4.90 Å². The number of anilines is 1. The molecule has 2 fully saturated rings. The van der Waals surface area contributed by atoms with Crippen LogP contribution in [0, 0.1) is 25.7 Å². The zero-order valence-corrected chi connectivity index (χ0v) is 17.2. The van der Waals surface area contributed by atoms with Gasteiger partial charge in [0, 0.05) is 25.8 Å². The predicted molar refractivity (Wildman–Crippen MR) is 104 cm³/mol. The molecule has 0 aliphatic carbocycles. The van der Waals surface area contributed by atoms with Crippen LogP contribution in [0.1, 0.15) is 30.0 Å². The van der Waals surface area contributed by atoms with Gasteiger partial charge in [-0.1, -0.05) is 11.6 Å². The summed E-state index contributed by atoms with van der Waals surface area (Å²) in [5, 5.41) is 15.1. The first-order valence-electron chi connectivity index (χ1n) is 10.1. The molecule has 3 aliphatic heterocycles. The summed E-state index contributed by atoms with van der Waals surface area (Å²) in [6, 6.07) is 3.33. The molecule has 1 aromatic rings. The second kappa shape index (κ2) is 6.90. The van der Waals surface area contributed by atoms with E-state index in [0.717, 1.165) is 16.7 Å². The molecule has 8 heteroatoms. The molecule has 0 saturated carbocycles. The molecular weight excluding hydrogens is 374 g/mol. The van der Waals surface area contributed by atoms with Gasteiger partial charge in [0.2, 0.25) is 17.4 Å². The number of aliphatic hydroxyl groups excluding tert-OH is 1. The van der Waals surface area contributed by atoms with Crippen molar-refractivity contribution in [2.45, 2.75) is 44.9 Å². The number of carbonyl (C=O) groups excluding carboxylic acids is 3. The smallest absolute Gasteiger partial charge is 0.291 e. The number of ether oxygens (including phenoxy) is 1. The highest BCUT2D eigenvalue weighted by Gasteiger charge is 2.74. The van der Waals surface area contributed by atoms with Crippen molar-refractivity contribution in [1.29, 1.82) is 0 Å². The molecule has 0 unspecified atom stereocenters. The van der Waals surface area contributed by atoms with Crippen molar-refractivity contribution in [2.75, 3.05) is 25.6 Å². The van der Waals surface area contributed by atoms with Gasteiger partial charge in [0.25, 0.3) is 5.91 Å². The number of aryl methyl sites for hydroxylation is 2. The highest BCUT2D eigenvalue weighted by molar-refractivity contribution is 6.14. The number of rotatable bonds is 5. The fourth-order valence-corrected chi connectivity index (χ4v) is 5.43. The van der Waals surface area contributed by atoms with Gasteiger partial charge in [0.15, 0.2) is 0 Å². The van der Waals surface area contributed by atoms with Crippen LogP contribution in [0.2, 0.25) is 0 Å². The highest BCUT2D eigenvalue weighted by Crippen LogP contribution is 2.50. The van der Waals surface area contributed by atoms with Gasteiger partial charge in [-0.15, -0.1) is 0 Å². The van der Waals surface area contributed by atoms with Crippen molar-refractivity contribution in [3.8, 4) is 0 Å². The van der Waals surface area contributed by atoms with E-state index in [1.54, 1.807) is 19.4 Å². The van der Waals surface area contributed by atoms with Crippen molar-refractivity contribution in [3.63, 3.8) is 0 Å². The number of quaternary nitrogens is 1. The minimum Gasteiger partial charge on any atom is -0.387 e. The molecule has 0 radical (unpaired) electrons. The summed E-state index contributed by atoms with van der Waals surface area (Å²) in [5.41, 5.74) is 2.11. The van der Waals surface area contributed by atoms with Crippen LogP contribution in [0.5, 0.6) is 0 Å². The molecule has 5 atom stereocenters. The second-order valence-corrected chi connectivity index (χ2v) is 8.49. The Morgan fingerprint density at radius 1 is 1.28 bits per heavy atom. The Kier molecular flexibility index (Phi) is 4.76. The summed E-state index contributed by atoms with van der Waals surface area (Å²) in [4.78, 5) is 41.2. The molecule has 8 nitrogen and oxygen atoms in total. The van der Waals surface area contributed by atoms with Crippen LogP contribution in [0.15, 0.2) is 12.1 Å². The van der Waals surface area contributed by atoms with Crippen molar-refractivity contribution in [1.82, 2.24) is 4.90 Å². The van der Waals surface area contributed by atoms with Gasteiger partial charge in [-0.2, -0.15) is 0 Å². The highest BCUT2D eigenvalue weighted by atomic mass is 16.5. The third-order valence-corrected chi connectivity index (χ3v) is 6.63. The number of hydrogen-bond acceptors (Lipinski definition) is 5. The van der Waals surface area contributed by atoms with Crippen LogP contribution in [0.3, 0.4) is 0 Å². The summed E-state index contributed by atoms with van der Waals surface area (Å²) in [7, 11) is 1.57. The van der Waals surface area contributed by atoms with Crippen LogP contribution < -0.4 is 10.6 Å². The third-order valence-electron chi connectivity index (χ3n) is 6.63. The Morgan fingerprint density at radius 2 is 2.00 bits per heavy atom. The number of aliphatic hydroxyl groups is 1. The topological polar surface area (TPSA) is 113 Å². The van der Waals surface area contributed by atoms with E-state index < -0.39 is 29.5 Å². The van der Waals surface area contributed by atoms with Gasteiger partial charge in [-0.05, 0) is 38.8 Å². The van der Waals surface area contributed by atoms with E-state index in [0.29, 0.717) is 18.7 Å². The standard InChI is InChI=1S/C21H27N3O5/c1-10-8-11(2)16-13(9-10)21(20(28)22-16)15-14(17(23-21)12(3)25)18(26)24(19(15)27)6-5-7-29-4/h8-9,12,14-15,17,23,25H,5-7H2,1-4H3,(H,22,28)/p+1/t12-,14+,15+,17-,21+/m1/s1. The number of fused-ring (bicyclic) bond motifs is 4. The van der Waals surface area contributed by atoms with Crippen molar-refractivity contribution in [2.24, 2.45) is 11.8 Å². The number of nitrogens with zero attached hydrogens (tertiary/aromatic N) is 1. The zero-order valence-electron chi connectivity index (χ0n) is 17.2. The molecule has 3 amide bonds. The van der Waals surface area contributed by atoms with Crippen molar-refractivity contribution < 1.29 is 29.5 Å². The van der Waals surface area contributed by atoms with E-state index in [9.17, 15) is 19.5 Å². The molecule has 2 saturated heterocycles. The predicted octanol–water partition coefficient (Wildman–Crippen LogP) is -0.585. The van der Waals surface area contributed by atoms with Crippen molar-refractivity contribution >= 4 is 23.4 Å². The summed E-state index contributed by atoms with van der Waals surface area (Å²) in [5.74, 6) is -2.50. The van der Waals surface area contributed by atoms with E-state index in [1.807, 2.05) is 26.0 Å². The Labute approximate surface area is 169 Å². The lowest BCUT2D eigenvalue weighted by atomic mass is 9.75. The normalized spacial score (nSPS) is 31.4. The van der Waals surface area contributed by atoms with Crippen LogP contribution in [-0.4, -0.2) is 60.1 Å². The molecule has 4 N–H and O–H groups in total. The second-order valence-electron chi connectivity index (χ2n) is 8.49. The first-order valence-corrected chi connectivity index (χ1v) is 10.1. The minimum atomic E-state index is -1.23. The Morgan fingerprint density at radius 3 is 2.66 bits per heavy atom. The average molecular weight is 402 g/mol. The maximum absolute atomic E-state index is 13.4. The lowest BCUT2D eigenvalue weighted by Gasteiger charge is -2.27. The number of carbonyl (C=O) groups is 3. The lowest BCUT2D eigenvalue weighted by Crippen LogP contribution is -3.00. The molecule has 0 bridgehead atoms. The average Bonchev–Trinajstić information content (AvgIpc) is 3.24. The summed E-state index contributed by atoms with van der Waals surface area (Å²) < 4.78 is 5.05. The number of amides is 3. The maximum Gasteiger partial charge on any atom is 0.291 e. The molecule has 3 heterocycles. The number of nitrogens with two attached hydrogens (primary N) is 1. The molecule has 156 valence electrons. The summed E-state index contributed by atoms with van der Waals surface area (Å²) in [6.45, 7) is 6.16. The fourth-order valence-electron chi connectivity index (χ4n) is 5.43. The maximum atomic E-state index is 13.4. The van der Waals surface area contributed by atoms with Crippen LogP contribution in [0.25, 0.3) is 0 Å². The number of hydrogen-bond donors (Lipinski definition) is 3. The molecule has 1 aromatic carbocycles. The minimum absolute atomic E-state index is 0.252. The largest absolute Gasteiger partial charge is 0.387 e. The van der Waals surface area contributed by atoms with E-state index in [4.69, 9.17) is 4.74 Å². The fraction of sp³-hybridized carbons (Fsp3) is 0.571. The quantitative estimate of drug-likeness (QED) is 0.450. The lowest BCUT2D eigenvalue weighted by molar-refractivity contribution is -0.738. The molecule has 0 aromatic heterocycles. The number of imide groups is 1. The van der Waals surface area contributed by atoms with Gasteiger partial charge in [0.05, 0.1) is 5.69 Å². The molecule has 29 heavy (non-hydrogen) atoms. The van der Waals surface area contributed by atoms with E-state index >= 15 is 0 Å². The number of benzene rings is 1. The van der Waals surface area contributed by atoms with E-state index in [2.05, 4.69) is 5.32 Å². The Balaban J connectivity index is 1.84. The molecule has 4 rings (SSSR count). The van der Waals surface area contributed by atoms with Gasteiger partial charge >= 0.3 is 0 Å². The first kappa shape index (κ1) is 20.0. The van der Waals surface area contributed by atoms with Gasteiger partial charge in [-0.3, -0.25) is 19.3 Å². The number of likely N-dealkylation sites (tertiary alicyclic amines) is 1. The third kappa shape index (κ3) is 2.66. The van der Waals surface area contributed by atoms with Crippen LogP contribution >= 0.6 is 0 Å².